The molecule has 112 valence electrons. The first-order valence-electron chi connectivity index (χ1n) is 8.16. The van der Waals surface area contributed by atoms with E-state index >= 15 is 0 Å². The summed E-state index contributed by atoms with van der Waals surface area (Å²) in [4.78, 5) is 2.53. The van der Waals surface area contributed by atoms with Gasteiger partial charge < -0.3 is 5.73 Å². The third-order valence-electron chi connectivity index (χ3n) is 5.05. The summed E-state index contributed by atoms with van der Waals surface area (Å²) in [7, 11) is 2.26. The summed E-state index contributed by atoms with van der Waals surface area (Å²) in [5.74, 6) is 0.949. The highest BCUT2D eigenvalue weighted by atomic mass is 15.2. The van der Waals surface area contributed by atoms with Crippen LogP contribution in [0.3, 0.4) is 0 Å². The standard InChI is InChI=1S/C18H30N2/c1-4-15-10-12-17(13-11-15)20(3)18(14(2)19)16-8-6-5-7-9-16/h5-9,14-15,17-18H,4,10-13,19H2,1-3H3. The van der Waals surface area contributed by atoms with Crippen LogP contribution < -0.4 is 5.73 Å². The zero-order valence-corrected chi connectivity index (χ0v) is 13.3. The van der Waals surface area contributed by atoms with E-state index in [1.165, 1.54) is 37.7 Å². The Labute approximate surface area is 124 Å². The highest BCUT2D eigenvalue weighted by molar-refractivity contribution is 5.20. The monoisotopic (exact) mass is 274 g/mol. The minimum absolute atomic E-state index is 0.159. The maximum absolute atomic E-state index is 6.29. The zero-order valence-electron chi connectivity index (χ0n) is 13.3. The second-order valence-corrected chi connectivity index (χ2v) is 6.46. The molecule has 0 aromatic heterocycles. The number of hydrogen-bond donors (Lipinski definition) is 1. The molecular weight excluding hydrogens is 244 g/mol. The average molecular weight is 274 g/mol. The number of nitrogens with two attached hydrogens (primary N) is 1. The molecule has 1 saturated carbocycles. The number of hydrogen-bond acceptors (Lipinski definition) is 2. The first-order chi connectivity index (χ1) is 9.63. The summed E-state index contributed by atoms with van der Waals surface area (Å²) < 4.78 is 0. The lowest BCUT2D eigenvalue weighted by Gasteiger charge is -2.40. The van der Waals surface area contributed by atoms with Crippen molar-refractivity contribution in [2.24, 2.45) is 11.7 Å². The van der Waals surface area contributed by atoms with Crippen LogP contribution >= 0.6 is 0 Å². The Bertz CT molecular complexity index is 380. The van der Waals surface area contributed by atoms with E-state index in [9.17, 15) is 0 Å². The normalized spacial score (nSPS) is 26.4. The number of rotatable bonds is 5. The molecule has 0 bridgehead atoms. The molecule has 2 rings (SSSR count). The Hall–Kier alpha value is -0.860. The lowest BCUT2D eigenvalue weighted by Crippen LogP contribution is -2.44. The minimum atomic E-state index is 0.159. The van der Waals surface area contributed by atoms with Crippen LogP contribution in [0.15, 0.2) is 30.3 Å². The first kappa shape index (κ1) is 15.5. The Balaban J connectivity index is 2.07. The van der Waals surface area contributed by atoms with Crippen LogP contribution in [0.4, 0.5) is 0 Å². The summed E-state index contributed by atoms with van der Waals surface area (Å²) in [5.41, 5.74) is 7.64. The molecule has 0 saturated heterocycles. The lowest BCUT2D eigenvalue weighted by molar-refractivity contribution is 0.107. The van der Waals surface area contributed by atoms with Crippen LogP contribution in [0, 0.1) is 5.92 Å². The van der Waals surface area contributed by atoms with Crippen molar-refractivity contribution in [3.63, 3.8) is 0 Å². The van der Waals surface area contributed by atoms with E-state index in [1.807, 2.05) is 0 Å². The van der Waals surface area contributed by atoms with E-state index < -0.39 is 0 Å². The van der Waals surface area contributed by atoms with Gasteiger partial charge in [-0.1, -0.05) is 43.7 Å². The Kier molecular flexibility index (Phi) is 5.62. The fourth-order valence-electron chi connectivity index (χ4n) is 3.75. The molecule has 1 aliphatic carbocycles. The van der Waals surface area contributed by atoms with Gasteiger partial charge in [0.05, 0.1) is 0 Å². The second-order valence-electron chi connectivity index (χ2n) is 6.46. The maximum atomic E-state index is 6.29. The third-order valence-corrected chi connectivity index (χ3v) is 5.05. The van der Waals surface area contributed by atoms with Crippen LogP contribution in [0.25, 0.3) is 0 Å². The van der Waals surface area contributed by atoms with Crippen LogP contribution in [0.5, 0.6) is 0 Å². The predicted molar refractivity (Wildman–Crippen MR) is 86.6 cm³/mol. The van der Waals surface area contributed by atoms with Gasteiger partial charge in [-0.3, -0.25) is 4.90 Å². The molecule has 1 aromatic rings. The Morgan fingerprint density at radius 2 is 1.75 bits per heavy atom. The van der Waals surface area contributed by atoms with Gasteiger partial charge in [-0.2, -0.15) is 0 Å². The van der Waals surface area contributed by atoms with Gasteiger partial charge in [-0.05, 0) is 51.1 Å². The van der Waals surface area contributed by atoms with Crippen molar-refractivity contribution in [1.82, 2.24) is 4.90 Å². The number of likely N-dealkylation sites (N-methyl/N-ethyl adjacent to an activating group) is 1. The van der Waals surface area contributed by atoms with Crippen LogP contribution in [-0.4, -0.2) is 24.0 Å². The largest absolute Gasteiger partial charge is 0.326 e. The van der Waals surface area contributed by atoms with Gasteiger partial charge in [-0.25, -0.2) is 0 Å². The van der Waals surface area contributed by atoms with E-state index in [1.54, 1.807) is 0 Å². The molecule has 0 spiro atoms. The molecular formula is C18H30N2. The van der Waals surface area contributed by atoms with E-state index in [0.29, 0.717) is 12.1 Å². The van der Waals surface area contributed by atoms with E-state index in [-0.39, 0.29) is 6.04 Å². The van der Waals surface area contributed by atoms with E-state index in [4.69, 9.17) is 5.73 Å². The minimum Gasteiger partial charge on any atom is -0.326 e. The Morgan fingerprint density at radius 1 is 1.15 bits per heavy atom. The van der Waals surface area contributed by atoms with Crippen molar-refractivity contribution in [2.75, 3.05) is 7.05 Å². The summed E-state index contributed by atoms with van der Waals surface area (Å²) in [6.07, 6.45) is 6.75. The SMILES string of the molecule is CCC1CCC(N(C)C(c2ccccc2)C(C)N)CC1. The predicted octanol–water partition coefficient (Wildman–Crippen LogP) is 3.98. The first-order valence-corrected chi connectivity index (χ1v) is 8.16. The van der Waals surface area contributed by atoms with Gasteiger partial charge in [-0.15, -0.1) is 0 Å². The fourth-order valence-corrected chi connectivity index (χ4v) is 3.75. The summed E-state index contributed by atoms with van der Waals surface area (Å²) >= 11 is 0. The van der Waals surface area contributed by atoms with E-state index in [0.717, 1.165) is 5.92 Å². The number of nitrogens with zero attached hydrogens (tertiary/aromatic N) is 1. The van der Waals surface area contributed by atoms with Gasteiger partial charge in [0.2, 0.25) is 0 Å². The summed E-state index contributed by atoms with van der Waals surface area (Å²) in [6.45, 7) is 4.45. The number of benzene rings is 1. The molecule has 20 heavy (non-hydrogen) atoms. The van der Waals surface area contributed by atoms with Crippen LogP contribution in [0.1, 0.15) is 57.6 Å². The lowest BCUT2D eigenvalue weighted by atomic mass is 9.83. The fraction of sp³-hybridized carbons (Fsp3) is 0.667. The van der Waals surface area contributed by atoms with Gasteiger partial charge in [0.25, 0.3) is 0 Å². The van der Waals surface area contributed by atoms with E-state index in [2.05, 4.69) is 56.1 Å². The average Bonchev–Trinajstić information content (AvgIpc) is 2.48. The third kappa shape index (κ3) is 3.62. The molecule has 0 heterocycles. The van der Waals surface area contributed by atoms with Crippen LogP contribution in [-0.2, 0) is 0 Å². The summed E-state index contributed by atoms with van der Waals surface area (Å²) in [5, 5.41) is 0. The molecule has 2 atom stereocenters. The molecule has 2 unspecified atom stereocenters. The maximum Gasteiger partial charge on any atom is 0.0496 e. The van der Waals surface area contributed by atoms with Crippen molar-refractivity contribution < 1.29 is 0 Å². The molecule has 1 aromatic carbocycles. The van der Waals surface area contributed by atoms with Crippen molar-refractivity contribution >= 4 is 0 Å². The molecule has 2 N–H and O–H groups in total. The highest BCUT2D eigenvalue weighted by Gasteiger charge is 2.29. The highest BCUT2D eigenvalue weighted by Crippen LogP contribution is 2.33. The summed E-state index contributed by atoms with van der Waals surface area (Å²) in [6, 6.07) is 11.9. The second kappa shape index (κ2) is 7.24. The zero-order chi connectivity index (χ0) is 14.5. The molecule has 1 aliphatic rings. The quantitative estimate of drug-likeness (QED) is 0.880. The van der Waals surface area contributed by atoms with Crippen molar-refractivity contribution in [3.8, 4) is 0 Å². The molecule has 0 aliphatic heterocycles. The molecule has 2 heteroatoms. The molecule has 0 amide bonds. The Morgan fingerprint density at radius 3 is 2.25 bits per heavy atom. The molecule has 1 fully saturated rings. The smallest absolute Gasteiger partial charge is 0.0496 e. The van der Waals surface area contributed by atoms with Gasteiger partial charge >= 0.3 is 0 Å². The van der Waals surface area contributed by atoms with Crippen molar-refractivity contribution in [3.05, 3.63) is 35.9 Å². The molecule has 2 nitrogen and oxygen atoms in total. The van der Waals surface area contributed by atoms with Gasteiger partial charge in [0, 0.05) is 18.1 Å². The van der Waals surface area contributed by atoms with Crippen LogP contribution in [0.2, 0.25) is 0 Å². The van der Waals surface area contributed by atoms with Gasteiger partial charge in [0.1, 0.15) is 0 Å². The van der Waals surface area contributed by atoms with Gasteiger partial charge in [0.15, 0.2) is 0 Å². The van der Waals surface area contributed by atoms with Crippen molar-refractivity contribution in [1.29, 1.82) is 0 Å². The van der Waals surface area contributed by atoms with Crippen molar-refractivity contribution in [2.45, 2.75) is 64.1 Å². The topological polar surface area (TPSA) is 29.3 Å². The molecule has 0 radical (unpaired) electrons.